The number of hydrogen-bond acceptors (Lipinski definition) is 2. The fourth-order valence-corrected chi connectivity index (χ4v) is 4.70. The zero-order valence-corrected chi connectivity index (χ0v) is 15.0. The quantitative estimate of drug-likeness (QED) is 0.822. The Hall–Kier alpha value is -2.69. The number of fused-ring (bicyclic) bond motifs is 3. The van der Waals surface area contributed by atoms with Crippen molar-refractivity contribution in [2.24, 2.45) is 0 Å². The van der Waals surface area contributed by atoms with Crippen molar-refractivity contribution in [1.29, 1.82) is 0 Å². The fourth-order valence-electron chi connectivity index (χ4n) is 4.70. The fraction of sp³-hybridized carbons (Fsp3) is 0.364. The first-order valence-electron chi connectivity index (χ1n) is 9.52. The molecule has 2 heterocycles. The minimum absolute atomic E-state index is 0.0153. The predicted molar refractivity (Wildman–Crippen MR) is 98.5 cm³/mol. The van der Waals surface area contributed by atoms with E-state index in [0.29, 0.717) is 31.5 Å². The van der Waals surface area contributed by atoms with Crippen LogP contribution in [-0.2, 0) is 21.4 Å². The zero-order valence-electron chi connectivity index (χ0n) is 15.0. The highest BCUT2D eigenvalue weighted by Gasteiger charge is 2.55. The molecule has 2 aromatic carbocycles. The summed E-state index contributed by atoms with van der Waals surface area (Å²) in [6, 6.07) is 14.6. The van der Waals surface area contributed by atoms with Crippen molar-refractivity contribution in [3.63, 3.8) is 0 Å². The Morgan fingerprint density at radius 3 is 2.59 bits per heavy atom. The Labute approximate surface area is 157 Å². The van der Waals surface area contributed by atoms with Crippen molar-refractivity contribution in [2.75, 3.05) is 19.6 Å². The van der Waals surface area contributed by atoms with Gasteiger partial charge in [0, 0.05) is 18.7 Å². The van der Waals surface area contributed by atoms with Crippen molar-refractivity contribution < 1.29 is 14.0 Å². The van der Waals surface area contributed by atoms with Gasteiger partial charge in [0.25, 0.3) is 0 Å². The van der Waals surface area contributed by atoms with Crippen LogP contribution in [0.1, 0.15) is 35.6 Å². The third kappa shape index (κ3) is 2.48. The van der Waals surface area contributed by atoms with E-state index in [2.05, 4.69) is 12.1 Å². The molecule has 0 N–H and O–H groups in total. The largest absolute Gasteiger partial charge is 0.332 e. The van der Waals surface area contributed by atoms with Crippen LogP contribution in [0, 0.1) is 5.82 Å². The molecule has 138 valence electrons. The molecule has 4 nitrogen and oxygen atoms in total. The predicted octanol–water partition coefficient (Wildman–Crippen LogP) is 2.83. The second kappa shape index (κ2) is 5.91. The number of carbonyl (C=O) groups excluding carboxylic acids is 2. The third-order valence-electron chi connectivity index (χ3n) is 6.29. The van der Waals surface area contributed by atoms with E-state index >= 15 is 0 Å². The molecule has 1 saturated heterocycles. The van der Waals surface area contributed by atoms with Gasteiger partial charge >= 0.3 is 0 Å². The Bertz CT molecular complexity index is 937. The summed E-state index contributed by atoms with van der Waals surface area (Å²) < 4.78 is 14.3. The van der Waals surface area contributed by atoms with Crippen molar-refractivity contribution in [3.05, 3.63) is 71.0 Å². The second-order valence-electron chi connectivity index (χ2n) is 7.80. The molecule has 2 fully saturated rings. The monoisotopic (exact) mass is 364 g/mol. The summed E-state index contributed by atoms with van der Waals surface area (Å²) in [5.41, 5.74) is 2.05. The van der Waals surface area contributed by atoms with Crippen LogP contribution in [0.2, 0.25) is 0 Å². The van der Waals surface area contributed by atoms with Gasteiger partial charge in [-0.05, 0) is 36.5 Å². The Morgan fingerprint density at radius 1 is 1.07 bits per heavy atom. The summed E-state index contributed by atoms with van der Waals surface area (Å²) >= 11 is 0. The number of hydrogen-bond donors (Lipinski definition) is 0. The van der Waals surface area contributed by atoms with Crippen LogP contribution in [0.15, 0.2) is 48.5 Å². The summed E-state index contributed by atoms with van der Waals surface area (Å²) in [5.74, 6) is -0.460. The van der Waals surface area contributed by atoms with E-state index in [4.69, 9.17) is 0 Å². The number of amides is 2. The van der Waals surface area contributed by atoms with Gasteiger partial charge in [-0.15, -0.1) is 0 Å². The molecule has 27 heavy (non-hydrogen) atoms. The number of benzene rings is 2. The van der Waals surface area contributed by atoms with Gasteiger partial charge in [-0.1, -0.05) is 42.5 Å². The van der Waals surface area contributed by atoms with E-state index in [-0.39, 0.29) is 30.2 Å². The molecule has 0 bridgehead atoms. The van der Waals surface area contributed by atoms with Gasteiger partial charge < -0.3 is 9.80 Å². The topological polar surface area (TPSA) is 40.6 Å². The Morgan fingerprint density at radius 2 is 1.81 bits per heavy atom. The number of rotatable bonds is 2. The molecule has 0 radical (unpaired) electrons. The molecular weight excluding hydrogens is 343 g/mol. The molecule has 0 spiro atoms. The molecule has 1 atom stereocenters. The van der Waals surface area contributed by atoms with Gasteiger partial charge in [-0.25, -0.2) is 4.39 Å². The maximum atomic E-state index is 14.3. The van der Waals surface area contributed by atoms with Crippen LogP contribution < -0.4 is 0 Å². The van der Waals surface area contributed by atoms with Crippen molar-refractivity contribution in [1.82, 2.24) is 9.80 Å². The van der Waals surface area contributed by atoms with Crippen LogP contribution in [0.25, 0.3) is 0 Å². The molecule has 5 rings (SSSR count). The zero-order chi connectivity index (χ0) is 18.6. The van der Waals surface area contributed by atoms with Crippen molar-refractivity contribution >= 4 is 11.8 Å². The van der Waals surface area contributed by atoms with Crippen LogP contribution in [0.5, 0.6) is 0 Å². The highest BCUT2D eigenvalue weighted by molar-refractivity contribution is 5.95. The van der Waals surface area contributed by atoms with E-state index < -0.39 is 5.41 Å². The van der Waals surface area contributed by atoms with Crippen molar-refractivity contribution in [2.45, 2.75) is 30.7 Å². The Kier molecular flexibility index (Phi) is 3.61. The summed E-state index contributed by atoms with van der Waals surface area (Å²) in [7, 11) is 0. The summed E-state index contributed by atoms with van der Waals surface area (Å²) in [4.78, 5) is 29.7. The highest BCUT2D eigenvalue weighted by atomic mass is 19.1. The van der Waals surface area contributed by atoms with Gasteiger partial charge in [-0.2, -0.15) is 0 Å². The molecule has 3 aliphatic rings. The number of nitrogens with zero attached hydrogens (tertiary/aromatic N) is 2. The van der Waals surface area contributed by atoms with Gasteiger partial charge in [0.1, 0.15) is 5.82 Å². The normalized spacial score (nSPS) is 22.9. The van der Waals surface area contributed by atoms with Crippen LogP contribution in [-0.4, -0.2) is 41.2 Å². The lowest BCUT2D eigenvalue weighted by Crippen LogP contribution is -2.57. The maximum absolute atomic E-state index is 14.3. The molecule has 2 aromatic rings. The maximum Gasteiger partial charge on any atom is 0.242 e. The lowest BCUT2D eigenvalue weighted by Gasteiger charge is -2.45. The Balaban J connectivity index is 1.47. The van der Waals surface area contributed by atoms with E-state index in [1.807, 2.05) is 17.0 Å². The minimum Gasteiger partial charge on any atom is -0.332 e. The van der Waals surface area contributed by atoms with Gasteiger partial charge in [0.2, 0.25) is 11.8 Å². The molecule has 0 aromatic heterocycles. The lowest BCUT2D eigenvalue weighted by atomic mass is 9.89. The van der Waals surface area contributed by atoms with Crippen molar-refractivity contribution in [3.8, 4) is 0 Å². The smallest absolute Gasteiger partial charge is 0.242 e. The summed E-state index contributed by atoms with van der Waals surface area (Å²) in [6.07, 6.45) is 2.14. The molecular formula is C22H21FN2O2. The van der Waals surface area contributed by atoms with Gasteiger partial charge in [0.05, 0.1) is 18.0 Å². The first kappa shape index (κ1) is 16.5. The summed E-state index contributed by atoms with van der Waals surface area (Å²) in [6.45, 7) is 1.27. The molecule has 1 aliphatic carbocycles. The number of carbonyl (C=O) groups is 2. The van der Waals surface area contributed by atoms with Crippen LogP contribution in [0.4, 0.5) is 4.39 Å². The molecule has 5 heteroatoms. The van der Waals surface area contributed by atoms with E-state index in [9.17, 15) is 14.0 Å². The first-order valence-corrected chi connectivity index (χ1v) is 9.52. The molecule has 1 saturated carbocycles. The van der Waals surface area contributed by atoms with Gasteiger partial charge in [0.15, 0.2) is 0 Å². The average Bonchev–Trinajstić information content (AvgIpc) is 3.49. The van der Waals surface area contributed by atoms with E-state index in [1.165, 1.54) is 11.6 Å². The number of halogens is 1. The molecule has 2 aliphatic heterocycles. The highest BCUT2D eigenvalue weighted by Crippen LogP contribution is 2.51. The standard InChI is InChI=1S/C22H21FN2O2/c23-18-8-4-3-7-17(18)22(10-11-22)21(27)24-13-19-16-6-2-1-5-15(16)9-12-25(19)20(26)14-24/h1-8,19H,9-14H2. The number of piperazine rings is 1. The van der Waals surface area contributed by atoms with Crippen LogP contribution >= 0.6 is 0 Å². The van der Waals surface area contributed by atoms with E-state index in [0.717, 1.165) is 12.0 Å². The minimum atomic E-state index is -0.790. The third-order valence-corrected chi connectivity index (χ3v) is 6.29. The van der Waals surface area contributed by atoms with E-state index in [1.54, 1.807) is 23.1 Å². The average molecular weight is 364 g/mol. The second-order valence-corrected chi connectivity index (χ2v) is 7.80. The SMILES string of the molecule is O=C1CN(C(=O)C2(c3ccccc3F)CC2)CC2c3ccccc3CCN12. The molecule has 1 unspecified atom stereocenters. The lowest BCUT2D eigenvalue weighted by molar-refractivity contribution is -0.150. The first-order chi connectivity index (χ1) is 13.1. The summed E-state index contributed by atoms with van der Waals surface area (Å²) in [5, 5.41) is 0. The molecule has 2 amide bonds. The van der Waals surface area contributed by atoms with Crippen LogP contribution in [0.3, 0.4) is 0 Å². The van der Waals surface area contributed by atoms with Gasteiger partial charge in [-0.3, -0.25) is 9.59 Å².